The topological polar surface area (TPSA) is 137 Å². The fourth-order valence-corrected chi connectivity index (χ4v) is 3.91. The molecule has 0 bridgehead atoms. The Balaban J connectivity index is 1.90. The zero-order valence-electron chi connectivity index (χ0n) is 19.3. The lowest BCUT2D eigenvalue weighted by Crippen LogP contribution is -2.25. The van der Waals surface area contributed by atoms with Gasteiger partial charge in [0, 0.05) is 35.0 Å². The van der Waals surface area contributed by atoms with Crippen LogP contribution in [0.3, 0.4) is 0 Å². The van der Waals surface area contributed by atoms with Crippen LogP contribution < -0.4 is 22.1 Å². The first-order chi connectivity index (χ1) is 16.2. The number of nitrogens with one attached hydrogen (secondary N) is 3. The maximum Gasteiger partial charge on any atom is 0.224 e. The van der Waals surface area contributed by atoms with E-state index in [1.807, 2.05) is 19.9 Å². The van der Waals surface area contributed by atoms with Crippen LogP contribution in [0.15, 0.2) is 54.6 Å². The second kappa shape index (κ2) is 10.9. The summed E-state index contributed by atoms with van der Waals surface area (Å²) in [6.07, 6.45) is 0.781. The molecule has 0 saturated heterocycles. The predicted molar refractivity (Wildman–Crippen MR) is 139 cm³/mol. The van der Waals surface area contributed by atoms with Crippen LogP contribution >= 0.6 is 11.6 Å². The fourth-order valence-electron chi connectivity index (χ4n) is 3.57. The van der Waals surface area contributed by atoms with Crippen molar-refractivity contribution in [3.8, 4) is 16.9 Å². The molecule has 1 unspecified atom stereocenters. The summed E-state index contributed by atoms with van der Waals surface area (Å²) < 4.78 is 0. The van der Waals surface area contributed by atoms with Crippen LogP contribution in [0.2, 0.25) is 5.02 Å². The van der Waals surface area contributed by atoms with Crippen LogP contribution in [0.4, 0.5) is 11.4 Å². The number of carbonyl (C=O) groups excluding carboxylic acids is 1. The highest BCUT2D eigenvalue weighted by Crippen LogP contribution is 2.42. The molecule has 0 radical (unpaired) electrons. The monoisotopic (exact) mass is 479 g/mol. The summed E-state index contributed by atoms with van der Waals surface area (Å²) in [4.78, 5) is 12.9. The number of hydrogen-bond donors (Lipinski definition) is 6. The van der Waals surface area contributed by atoms with Crippen LogP contribution in [-0.2, 0) is 17.8 Å². The highest BCUT2D eigenvalue weighted by Gasteiger charge is 2.21. The molecule has 0 spiro atoms. The van der Waals surface area contributed by atoms with E-state index in [4.69, 9.17) is 28.5 Å². The quantitative estimate of drug-likeness (QED) is 0.115. The second-order valence-electron chi connectivity index (χ2n) is 8.25. The van der Waals surface area contributed by atoms with E-state index >= 15 is 0 Å². The van der Waals surface area contributed by atoms with E-state index in [-0.39, 0.29) is 30.0 Å². The maximum atomic E-state index is 12.9. The van der Waals surface area contributed by atoms with Crippen molar-refractivity contribution >= 4 is 34.7 Å². The molecule has 0 heterocycles. The van der Waals surface area contributed by atoms with E-state index in [0.717, 1.165) is 17.5 Å². The Hall–Kier alpha value is -3.71. The maximum absolute atomic E-state index is 12.9. The molecule has 3 aromatic carbocycles. The minimum Gasteiger partial charge on any atom is -0.505 e. The molecule has 0 aliphatic rings. The lowest BCUT2D eigenvalue weighted by atomic mass is 9.94. The number of carbonyl (C=O) groups is 1. The molecule has 8 heteroatoms. The highest BCUT2D eigenvalue weighted by molar-refractivity contribution is 6.34. The van der Waals surface area contributed by atoms with Gasteiger partial charge in [-0.15, -0.1) is 0 Å². The van der Waals surface area contributed by atoms with Gasteiger partial charge in [-0.1, -0.05) is 54.9 Å². The Bertz CT molecular complexity index is 1190. The van der Waals surface area contributed by atoms with Crippen LogP contribution in [0.5, 0.6) is 5.75 Å². The smallest absolute Gasteiger partial charge is 0.224 e. The van der Waals surface area contributed by atoms with Gasteiger partial charge in [-0.05, 0) is 42.7 Å². The Kier molecular flexibility index (Phi) is 8.02. The first-order valence-electron chi connectivity index (χ1n) is 11.1. The van der Waals surface area contributed by atoms with Gasteiger partial charge in [0.2, 0.25) is 5.91 Å². The number of phenolic OH excluding ortho intramolecular Hbond substituents is 1. The van der Waals surface area contributed by atoms with Gasteiger partial charge in [0.1, 0.15) is 11.6 Å². The first-order valence-corrected chi connectivity index (χ1v) is 11.4. The molecule has 0 aromatic heterocycles. The molecule has 3 rings (SSSR count). The summed E-state index contributed by atoms with van der Waals surface area (Å²) in [7, 11) is 0. The molecule has 1 amide bonds. The largest absolute Gasteiger partial charge is 0.505 e. The molecule has 178 valence electrons. The van der Waals surface area contributed by atoms with Gasteiger partial charge in [-0.2, -0.15) is 0 Å². The first kappa shape index (κ1) is 24.9. The zero-order chi connectivity index (χ0) is 24.8. The van der Waals surface area contributed by atoms with E-state index in [9.17, 15) is 9.90 Å². The summed E-state index contributed by atoms with van der Waals surface area (Å²) in [6, 6.07) is 16.0. The van der Waals surface area contributed by atoms with Crippen molar-refractivity contribution in [1.29, 1.82) is 5.41 Å². The molecule has 7 nitrogen and oxygen atoms in total. The van der Waals surface area contributed by atoms with Crippen LogP contribution in [0.25, 0.3) is 11.1 Å². The van der Waals surface area contributed by atoms with E-state index < -0.39 is 0 Å². The minimum absolute atomic E-state index is 0.0110. The third kappa shape index (κ3) is 5.99. The summed E-state index contributed by atoms with van der Waals surface area (Å²) in [6.45, 7) is 4.33. The Morgan fingerprint density at radius 3 is 2.50 bits per heavy atom. The van der Waals surface area contributed by atoms with Gasteiger partial charge < -0.3 is 27.2 Å². The number of halogens is 1. The number of anilines is 2. The predicted octanol–water partition coefficient (Wildman–Crippen LogP) is 4.65. The minimum atomic E-state index is -0.271. The molecule has 0 fully saturated rings. The average molecular weight is 480 g/mol. The SMILES string of the molecule is CCC(C)Nc1cc(Cl)c(-c2cccc(N)c2)c(CC(=O)NCc2ccc(C(=N)N)cc2)c1O. The summed E-state index contributed by atoms with van der Waals surface area (Å²) >= 11 is 6.67. The Labute approximate surface area is 204 Å². The molecular weight excluding hydrogens is 450 g/mol. The van der Waals surface area contributed by atoms with E-state index in [1.54, 1.807) is 48.5 Å². The number of amidine groups is 1. The molecule has 0 aliphatic carbocycles. The van der Waals surface area contributed by atoms with Gasteiger partial charge >= 0.3 is 0 Å². The third-order valence-corrected chi connectivity index (χ3v) is 5.93. The summed E-state index contributed by atoms with van der Waals surface area (Å²) in [5.41, 5.74) is 15.7. The second-order valence-corrected chi connectivity index (χ2v) is 8.66. The number of hydrogen-bond acceptors (Lipinski definition) is 5. The number of aromatic hydroxyl groups is 1. The van der Waals surface area contributed by atoms with Crippen LogP contribution in [0, 0.1) is 5.41 Å². The number of nitrogen functional groups attached to an aromatic ring is 2. The number of benzene rings is 3. The average Bonchev–Trinajstić information content (AvgIpc) is 2.81. The van der Waals surface area contributed by atoms with Crippen molar-refractivity contribution in [2.24, 2.45) is 5.73 Å². The van der Waals surface area contributed by atoms with Gasteiger partial charge in [-0.25, -0.2) is 0 Å². The van der Waals surface area contributed by atoms with Crippen molar-refractivity contribution in [3.05, 3.63) is 76.3 Å². The third-order valence-electron chi connectivity index (χ3n) is 5.63. The molecular formula is C26H30ClN5O2. The lowest BCUT2D eigenvalue weighted by molar-refractivity contribution is -0.120. The van der Waals surface area contributed by atoms with Gasteiger partial charge in [0.05, 0.1) is 17.1 Å². The number of amides is 1. The van der Waals surface area contributed by atoms with Crippen molar-refractivity contribution in [2.45, 2.75) is 39.3 Å². The molecule has 1 atom stereocenters. The Morgan fingerprint density at radius 2 is 1.88 bits per heavy atom. The number of phenols is 1. The number of rotatable bonds is 9. The lowest BCUT2D eigenvalue weighted by Gasteiger charge is -2.20. The van der Waals surface area contributed by atoms with Gasteiger partial charge in [0.15, 0.2) is 0 Å². The van der Waals surface area contributed by atoms with E-state index in [2.05, 4.69) is 10.6 Å². The highest BCUT2D eigenvalue weighted by atomic mass is 35.5. The molecule has 0 saturated carbocycles. The number of nitrogens with two attached hydrogens (primary N) is 2. The normalized spacial score (nSPS) is 11.6. The van der Waals surface area contributed by atoms with Crippen LogP contribution in [-0.4, -0.2) is 22.9 Å². The van der Waals surface area contributed by atoms with E-state index in [1.165, 1.54) is 0 Å². The summed E-state index contributed by atoms with van der Waals surface area (Å²) in [5, 5.41) is 25.1. The molecule has 8 N–H and O–H groups in total. The molecule has 3 aromatic rings. The van der Waals surface area contributed by atoms with Gasteiger partial charge in [0.25, 0.3) is 0 Å². The van der Waals surface area contributed by atoms with Crippen LogP contribution in [0.1, 0.15) is 37.0 Å². The fraction of sp³-hybridized carbons (Fsp3) is 0.231. The zero-order valence-corrected chi connectivity index (χ0v) is 20.0. The van der Waals surface area contributed by atoms with E-state index in [0.29, 0.717) is 39.6 Å². The standard InChI is InChI=1S/C26H30ClN5O2/c1-3-15(2)32-22-13-21(27)24(18-5-4-6-19(28)11-18)20(25(22)34)12-23(33)31-14-16-7-9-17(10-8-16)26(29)30/h4-11,13,15,32,34H,3,12,14,28H2,1-2H3,(H3,29,30)(H,31,33). The summed E-state index contributed by atoms with van der Waals surface area (Å²) in [5.74, 6) is -0.293. The van der Waals surface area contributed by atoms with Crippen molar-refractivity contribution in [3.63, 3.8) is 0 Å². The van der Waals surface area contributed by atoms with Crippen molar-refractivity contribution in [2.75, 3.05) is 11.1 Å². The Morgan fingerprint density at radius 1 is 1.18 bits per heavy atom. The molecule has 0 aliphatic heterocycles. The molecule has 34 heavy (non-hydrogen) atoms. The van der Waals surface area contributed by atoms with Crippen molar-refractivity contribution in [1.82, 2.24) is 5.32 Å². The van der Waals surface area contributed by atoms with Gasteiger partial charge in [-0.3, -0.25) is 10.2 Å². The van der Waals surface area contributed by atoms with Crippen molar-refractivity contribution < 1.29 is 9.90 Å².